The van der Waals surface area contributed by atoms with Crippen LogP contribution in [0.2, 0.25) is 0 Å². The summed E-state index contributed by atoms with van der Waals surface area (Å²) in [6.07, 6.45) is 2.09. The van der Waals surface area contributed by atoms with Gasteiger partial charge in [0.1, 0.15) is 5.75 Å². The third kappa shape index (κ3) is 4.22. The lowest BCUT2D eigenvalue weighted by atomic mass is 9.98. The van der Waals surface area contributed by atoms with Gasteiger partial charge in [-0.25, -0.2) is 0 Å². The minimum absolute atomic E-state index is 0.399. The van der Waals surface area contributed by atoms with E-state index in [1.54, 1.807) is 0 Å². The van der Waals surface area contributed by atoms with Crippen LogP contribution in [0.15, 0.2) is 24.3 Å². The molecule has 1 unspecified atom stereocenters. The van der Waals surface area contributed by atoms with Crippen molar-refractivity contribution in [2.45, 2.75) is 32.8 Å². The van der Waals surface area contributed by atoms with Crippen LogP contribution in [0.25, 0.3) is 0 Å². The molecule has 1 atom stereocenters. The number of benzene rings is 1. The third-order valence-corrected chi connectivity index (χ3v) is 3.88. The first-order valence-electron chi connectivity index (χ1n) is 7.32. The van der Waals surface area contributed by atoms with E-state index < -0.39 is 6.10 Å². The standard InChI is InChI=1S/C16H25NO2/c1-3-19-15-6-4-14(5-7-15)16(18)12-17-10-8-13(2)9-11-17/h4-7,13,16,18H,3,8-12H2,1-2H3. The van der Waals surface area contributed by atoms with Crippen LogP contribution in [0.3, 0.4) is 0 Å². The Balaban J connectivity index is 1.86. The number of hydrogen-bond donors (Lipinski definition) is 1. The molecule has 1 aliphatic heterocycles. The van der Waals surface area contributed by atoms with Gasteiger partial charge in [-0.15, -0.1) is 0 Å². The lowest BCUT2D eigenvalue weighted by molar-refractivity contribution is 0.0916. The molecule has 0 aliphatic carbocycles. The number of likely N-dealkylation sites (tertiary alicyclic amines) is 1. The van der Waals surface area contributed by atoms with Gasteiger partial charge in [-0.2, -0.15) is 0 Å². The Labute approximate surface area is 116 Å². The molecule has 0 amide bonds. The molecule has 3 nitrogen and oxygen atoms in total. The van der Waals surface area contributed by atoms with Gasteiger partial charge in [-0.1, -0.05) is 19.1 Å². The molecule has 0 radical (unpaired) electrons. The highest BCUT2D eigenvalue weighted by Crippen LogP contribution is 2.22. The molecular formula is C16H25NO2. The summed E-state index contributed by atoms with van der Waals surface area (Å²) in [7, 11) is 0. The van der Waals surface area contributed by atoms with E-state index in [2.05, 4.69) is 11.8 Å². The molecule has 19 heavy (non-hydrogen) atoms. The fourth-order valence-electron chi connectivity index (χ4n) is 2.55. The number of nitrogens with zero attached hydrogens (tertiary/aromatic N) is 1. The first-order chi connectivity index (χ1) is 9.19. The monoisotopic (exact) mass is 263 g/mol. The minimum Gasteiger partial charge on any atom is -0.494 e. The molecule has 1 aromatic rings. The van der Waals surface area contributed by atoms with E-state index in [1.165, 1.54) is 12.8 Å². The van der Waals surface area contributed by atoms with E-state index in [-0.39, 0.29) is 0 Å². The van der Waals surface area contributed by atoms with E-state index in [4.69, 9.17) is 4.74 Å². The Bertz CT molecular complexity index is 369. The van der Waals surface area contributed by atoms with Gasteiger partial charge in [-0.05, 0) is 56.5 Å². The maximum atomic E-state index is 10.3. The van der Waals surface area contributed by atoms with E-state index in [9.17, 15) is 5.11 Å². The molecule has 1 saturated heterocycles. The number of aliphatic hydroxyl groups excluding tert-OH is 1. The van der Waals surface area contributed by atoms with Gasteiger partial charge in [0.15, 0.2) is 0 Å². The van der Waals surface area contributed by atoms with Gasteiger partial charge >= 0.3 is 0 Å². The summed E-state index contributed by atoms with van der Waals surface area (Å²) >= 11 is 0. The van der Waals surface area contributed by atoms with Crippen molar-refractivity contribution in [3.05, 3.63) is 29.8 Å². The van der Waals surface area contributed by atoms with Crippen molar-refractivity contribution in [2.75, 3.05) is 26.2 Å². The van der Waals surface area contributed by atoms with E-state index in [1.807, 2.05) is 31.2 Å². The third-order valence-electron chi connectivity index (χ3n) is 3.88. The summed E-state index contributed by atoms with van der Waals surface area (Å²) in [5, 5.41) is 10.3. The number of hydrogen-bond acceptors (Lipinski definition) is 3. The number of aliphatic hydroxyl groups is 1. The summed E-state index contributed by atoms with van der Waals surface area (Å²) in [5.74, 6) is 1.70. The highest BCUT2D eigenvalue weighted by atomic mass is 16.5. The van der Waals surface area contributed by atoms with Crippen molar-refractivity contribution >= 4 is 0 Å². The van der Waals surface area contributed by atoms with Crippen LogP contribution >= 0.6 is 0 Å². The summed E-state index contributed by atoms with van der Waals surface area (Å²) < 4.78 is 5.41. The zero-order valence-corrected chi connectivity index (χ0v) is 12.0. The molecule has 3 heteroatoms. The largest absolute Gasteiger partial charge is 0.494 e. The first kappa shape index (κ1) is 14.4. The minimum atomic E-state index is -0.399. The zero-order chi connectivity index (χ0) is 13.7. The van der Waals surface area contributed by atoms with Gasteiger partial charge in [0.25, 0.3) is 0 Å². The van der Waals surface area contributed by atoms with Crippen LogP contribution in [0, 0.1) is 5.92 Å². The molecule has 1 heterocycles. The predicted octanol–water partition coefficient (Wildman–Crippen LogP) is 2.85. The van der Waals surface area contributed by atoms with Crippen LogP contribution in [0.5, 0.6) is 5.75 Å². The van der Waals surface area contributed by atoms with E-state index in [0.29, 0.717) is 6.61 Å². The molecule has 0 bridgehead atoms. The molecule has 1 N–H and O–H groups in total. The smallest absolute Gasteiger partial charge is 0.119 e. The molecule has 1 aromatic carbocycles. The van der Waals surface area contributed by atoms with E-state index >= 15 is 0 Å². The average molecular weight is 263 g/mol. The number of β-amino-alcohol motifs (C(OH)–C–C–N with tert-alkyl or cyclic N) is 1. The van der Waals surface area contributed by atoms with Crippen LogP contribution in [0.4, 0.5) is 0 Å². The second kappa shape index (κ2) is 6.92. The Hall–Kier alpha value is -1.06. The number of piperidine rings is 1. The number of rotatable bonds is 5. The van der Waals surface area contributed by atoms with Gasteiger partial charge in [-0.3, -0.25) is 0 Å². The van der Waals surface area contributed by atoms with Crippen LogP contribution in [0.1, 0.15) is 38.4 Å². The fraction of sp³-hybridized carbons (Fsp3) is 0.625. The van der Waals surface area contributed by atoms with Crippen molar-refractivity contribution < 1.29 is 9.84 Å². The highest BCUT2D eigenvalue weighted by Gasteiger charge is 2.19. The second-order valence-electron chi connectivity index (χ2n) is 5.50. The quantitative estimate of drug-likeness (QED) is 0.886. The molecule has 0 aromatic heterocycles. The van der Waals surface area contributed by atoms with Gasteiger partial charge in [0.05, 0.1) is 12.7 Å². The summed E-state index contributed by atoms with van der Waals surface area (Å²) in [6.45, 7) is 7.90. The SMILES string of the molecule is CCOc1ccc(C(O)CN2CCC(C)CC2)cc1. The maximum absolute atomic E-state index is 10.3. The average Bonchev–Trinajstić information content (AvgIpc) is 2.42. The first-order valence-corrected chi connectivity index (χ1v) is 7.32. The summed E-state index contributed by atoms with van der Waals surface area (Å²) in [4.78, 5) is 2.36. The lowest BCUT2D eigenvalue weighted by Gasteiger charge is -2.31. The van der Waals surface area contributed by atoms with Gasteiger partial charge in [0, 0.05) is 6.54 Å². The normalized spacial score (nSPS) is 19.3. The van der Waals surface area contributed by atoms with Crippen LogP contribution in [-0.2, 0) is 0 Å². The van der Waals surface area contributed by atoms with Gasteiger partial charge < -0.3 is 14.7 Å². The maximum Gasteiger partial charge on any atom is 0.119 e. The molecule has 1 aliphatic rings. The van der Waals surface area contributed by atoms with Crippen LogP contribution in [-0.4, -0.2) is 36.2 Å². The molecule has 106 valence electrons. The topological polar surface area (TPSA) is 32.7 Å². The van der Waals surface area contributed by atoms with Crippen molar-refractivity contribution in [1.29, 1.82) is 0 Å². The summed E-state index contributed by atoms with van der Waals surface area (Å²) in [6, 6.07) is 7.78. The Morgan fingerprint density at radius 3 is 2.47 bits per heavy atom. The molecule has 0 spiro atoms. The fourth-order valence-corrected chi connectivity index (χ4v) is 2.55. The van der Waals surface area contributed by atoms with Crippen molar-refractivity contribution in [1.82, 2.24) is 4.90 Å². The Morgan fingerprint density at radius 2 is 1.89 bits per heavy atom. The van der Waals surface area contributed by atoms with Crippen molar-refractivity contribution in [2.24, 2.45) is 5.92 Å². The van der Waals surface area contributed by atoms with Crippen molar-refractivity contribution in [3.8, 4) is 5.75 Å². The molecule has 0 saturated carbocycles. The van der Waals surface area contributed by atoms with Crippen LogP contribution < -0.4 is 4.74 Å². The zero-order valence-electron chi connectivity index (χ0n) is 12.0. The Kier molecular flexibility index (Phi) is 5.23. The predicted molar refractivity (Wildman–Crippen MR) is 77.4 cm³/mol. The molecular weight excluding hydrogens is 238 g/mol. The number of ether oxygens (including phenoxy) is 1. The van der Waals surface area contributed by atoms with Gasteiger partial charge in [0.2, 0.25) is 0 Å². The van der Waals surface area contributed by atoms with Crippen molar-refractivity contribution in [3.63, 3.8) is 0 Å². The highest BCUT2D eigenvalue weighted by molar-refractivity contribution is 5.28. The molecule has 1 fully saturated rings. The summed E-state index contributed by atoms with van der Waals surface area (Å²) in [5.41, 5.74) is 0.974. The molecule has 2 rings (SSSR count). The lowest BCUT2D eigenvalue weighted by Crippen LogP contribution is -2.35. The van der Waals surface area contributed by atoms with E-state index in [0.717, 1.165) is 36.9 Å². The Morgan fingerprint density at radius 1 is 1.26 bits per heavy atom. The second-order valence-corrected chi connectivity index (χ2v) is 5.50.